The topological polar surface area (TPSA) is 38.7 Å². The molecule has 0 saturated carbocycles. The molecule has 0 fully saturated rings. The number of allylic oxidation sites excluding steroid dienone is 1. The molecule has 2 aromatic carbocycles. The molecule has 30 heavy (non-hydrogen) atoms. The minimum atomic E-state index is -4.37. The monoisotopic (exact) mass is 433 g/mol. The third kappa shape index (κ3) is 4.95. The van der Waals surface area contributed by atoms with Crippen molar-refractivity contribution in [2.75, 3.05) is 7.11 Å². The van der Waals surface area contributed by atoms with E-state index >= 15 is 0 Å². The second kappa shape index (κ2) is 9.08. The van der Waals surface area contributed by atoms with Crippen LogP contribution in [0.15, 0.2) is 69.7 Å². The quantitative estimate of drug-likeness (QED) is 0.405. The maximum atomic E-state index is 13.0. The fourth-order valence-electron chi connectivity index (χ4n) is 3.61. The van der Waals surface area contributed by atoms with E-state index in [2.05, 4.69) is 4.99 Å². The number of aliphatic imine (C=N–C) groups is 1. The molecule has 0 spiro atoms. The largest absolute Gasteiger partial charge is 0.466 e. The second-order valence-corrected chi connectivity index (χ2v) is 8.14. The molecule has 0 bridgehead atoms. The molecule has 1 unspecified atom stereocenters. The number of carbonyl (C=O) groups is 1. The van der Waals surface area contributed by atoms with Gasteiger partial charge in [0.1, 0.15) is 0 Å². The van der Waals surface area contributed by atoms with Gasteiger partial charge in [-0.15, -0.1) is 11.8 Å². The van der Waals surface area contributed by atoms with E-state index in [1.165, 1.54) is 31.0 Å². The van der Waals surface area contributed by atoms with Crippen molar-refractivity contribution in [3.8, 4) is 0 Å². The Morgan fingerprint density at radius 1 is 1.17 bits per heavy atom. The number of halogens is 3. The third-order valence-corrected chi connectivity index (χ3v) is 6.11. The Balaban J connectivity index is 1.90. The summed E-state index contributed by atoms with van der Waals surface area (Å²) in [5.74, 6) is -0.233. The van der Waals surface area contributed by atoms with Crippen LogP contribution >= 0.6 is 11.8 Å². The van der Waals surface area contributed by atoms with Gasteiger partial charge < -0.3 is 4.74 Å². The highest BCUT2D eigenvalue weighted by molar-refractivity contribution is 7.98. The van der Waals surface area contributed by atoms with Gasteiger partial charge in [-0.25, -0.2) is 4.79 Å². The van der Waals surface area contributed by atoms with E-state index < -0.39 is 17.7 Å². The van der Waals surface area contributed by atoms with Crippen LogP contribution in [-0.4, -0.2) is 18.8 Å². The Morgan fingerprint density at radius 3 is 2.60 bits per heavy atom. The van der Waals surface area contributed by atoms with Crippen LogP contribution < -0.4 is 0 Å². The highest BCUT2D eigenvalue weighted by atomic mass is 32.2. The number of nitrogens with zero attached hydrogens (tertiary/aromatic N) is 1. The first kappa shape index (κ1) is 22.2. The SMILES string of the molecule is COC(=O)C1=C(C)N=C(C)CC1c1ccccc1SCc1cccc(C(F)(F)F)c1. The van der Waals surface area contributed by atoms with Crippen molar-refractivity contribution in [2.45, 2.75) is 43.0 Å². The van der Waals surface area contributed by atoms with Gasteiger partial charge in [-0.1, -0.05) is 36.4 Å². The minimum Gasteiger partial charge on any atom is -0.466 e. The number of hydrogen-bond acceptors (Lipinski definition) is 4. The van der Waals surface area contributed by atoms with E-state index in [-0.39, 0.29) is 5.92 Å². The minimum absolute atomic E-state index is 0.208. The summed E-state index contributed by atoms with van der Waals surface area (Å²) < 4.78 is 44.0. The van der Waals surface area contributed by atoms with Gasteiger partial charge in [0.25, 0.3) is 0 Å². The number of alkyl halides is 3. The van der Waals surface area contributed by atoms with Gasteiger partial charge in [-0.2, -0.15) is 13.2 Å². The molecule has 3 rings (SSSR count). The average Bonchev–Trinajstić information content (AvgIpc) is 2.71. The first-order valence-corrected chi connectivity index (χ1v) is 10.4. The number of ether oxygens (including phenoxy) is 1. The molecule has 1 aliphatic heterocycles. The molecule has 7 heteroatoms. The molecule has 1 aliphatic rings. The van der Waals surface area contributed by atoms with Crippen molar-refractivity contribution in [3.63, 3.8) is 0 Å². The lowest BCUT2D eigenvalue weighted by molar-refractivity contribution is -0.138. The summed E-state index contributed by atoms with van der Waals surface area (Å²) in [7, 11) is 1.35. The summed E-state index contributed by atoms with van der Waals surface area (Å²) in [5.41, 5.74) is 2.96. The predicted octanol–water partition coefficient (Wildman–Crippen LogP) is 6.39. The van der Waals surface area contributed by atoms with E-state index in [9.17, 15) is 18.0 Å². The molecule has 0 N–H and O–H groups in total. The third-order valence-electron chi connectivity index (χ3n) is 4.94. The van der Waals surface area contributed by atoms with Crippen molar-refractivity contribution in [2.24, 2.45) is 4.99 Å². The van der Waals surface area contributed by atoms with Gasteiger partial charge >= 0.3 is 12.1 Å². The number of carbonyl (C=O) groups excluding carboxylic acids is 1. The summed E-state index contributed by atoms with van der Waals surface area (Å²) in [6.07, 6.45) is -3.78. The Morgan fingerprint density at radius 2 is 1.90 bits per heavy atom. The lowest BCUT2D eigenvalue weighted by atomic mass is 9.84. The smallest absolute Gasteiger partial charge is 0.416 e. The van der Waals surface area contributed by atoms with Crippen molar-refractivity contribution >= 4 is 23.4 Å². The molecule has 0 saturated heterocycles. The number of thioether (sulfide) groups is 1. The van der Waals surface area contributed by atoms with Crippen LogP contribution in [0.5, 0.6) is 0 Å². The first-order chi connectivity index (χ1) is 14.2. The molecule has 158 valence electrons. The van der Waals surface area contributed by atoms with Crippen LogP contribution in [0.4, 0.5) is 13.2 Å². The lowest BCUT2D eigenvalue weighted by Crippen LogP contribution is -2.21. The molecular weight excluding hydrogens is 411 g/mol. The Kier molecular flexibility index (Phi) is 6.71. The Hall–Kier alpha value is -2.54. The van der Waals surface area contributed by atoms with Crippen LogP contribution in [0.1, 0.15) is 42.9 Å². The maximum Gasteiger partial charge on any atom is 0.416 e. The molecule has 0 radical (unpaired) electrons. The van der Waals surface area contributed by atoms with Crippen LogP contribution in [0, 0.1) is 0 Å². The van der Waals surface area contributed by atoms with Gasteiger partial charge in [0.2, 0.25) is 0 Å². The van der Waals surface area contributed by atoms with Crippen molar-refractivity contribution < 1.29 is 22.7 Å². The number of benzene rings is 2. The van der Waals surface area contributed by atoms with Crippen LogP contribution in [-0.2, 0) is 21.5 Å². The zero-order chi connectivity index (χ0) is 21.9. The predicted molar refractivity (Wildman–Crippen MR) is 113 cm³/mol. The van der Waals surface area contributed by atoms with E-state index in [0.29, 0.717) is 29.0 Å². The lowest BCUT2D eigenvalue weighted by Gasteiger charge is -2.26. The molecule has 1 atom stereocenters. The maximum absolute atomic E-state index is 13.0. The van der Waals surface area contributed by atoms with Crippen LogP contribution in [0.2, 0.25) is 0 Å². The summed E-state index contributed by atoms with van der Waals surface area (Å²) in [6.45, 7) is 3.71. The van der Waals surface area contributed by atoms with Gasteiger partial charge in [-0.3, -0.25) is 4.99 Å². The van der Waals surface area contributed by atoms with Gasteiger partial charge in [0.15, 0.2) is 0 Å². The number of methoxy groups -OCH3 is 1. The molecule has 3 nitrogen and oxygen atoms in total. The highest BCUT2D eigenvalue weighted by Crippen LogP contribution is 2.40. The van der Waals surface area contributed by atoms with E-state index in [1.54, 1.807) is 13.0 Å². The standard InChI is InChI=1S/C23H22F3NO2S/c1-14-11-19(21(15(2)27-14)22(28)29-3)18-9-4-5-10-20(18)30-13-16-7-6-8-17(12-16)23(24,25)26/h4-10,12,19H,11,13H2,1-3H3. The molecule has 0 aliphatic carbocycles. The van der Waals surface area contributed by atoms with Gasteiger partial charge in [0, 0.05) is 28.0 Å². The average molecular weight is 433 g/mol. The molecule has 1 heterocycles. The summed E-state index contributed by atoms with van der Waals surface area (Å²) in [6, 6.07) is 13.0. The van der Waals surface area contributed by atoms with Crippen molar-refractivity contribution in [1.29, 1.82) is 0 Å². The summed E-state index contributed by atoms with van der Waals surface area (Å²) >= 11 is 1.46. The van der Waals surface area contributed by atoms with Gasteiger partial charge in [0.05, 0.1) is 18.2 Å². The van der Waals surface area contributed by atoms with E-state index in [1.807, 2.05) is 31.2 Å². The van der Waals surface area contributed by atoms with Crippen LogP contribution in [0.25, 0.3) is 0 Å². The molecule has 2 aromatic rings. The normalized spacial score (nSPS) is 17.0. The summed E-state index contributed by atoms with van der Waals surface area (Å²) in [5, 5.41) is 0. The molecule has 0 aromatic heterocycles. The zero-order valence-electron chi connectivity index (χ0n) is 16.9. The number of hydrogen-bond donors (Lipinski definition) is 0. The fraction of sp³-hybridized carbons (Fsp3) is 0.304. The Labute approximate surface area is 178 Å². The van der Waals surface area contributed by atoms with Crippen LogP contribution in [0.3, 0.4) is 0 Å². The molecule has 0 amide bonds. The van der Waals surface area contributed by atoms with Crippen molar-refractivity contribution in [3.05, 3.63) is 76.5 Å². The number of rotatable bonds is 5. The number of esters is 1. The highest BCUT2D eigenvalue weighted by Gasteiger charge is 2.32. The first-order valence-electron chi connectivity index (χ1n) is 9.41. The van der Waals surface area contributed by atoms with E-state index in [0.717, 1.165) is 22.2 Å². The second-order valence-electron chi connectivity index (χ2n) is 7.12. The molecular formula is C23H22F3NO2S. The van der Waals surface area contributed by atoms with Gasteiger partial charge in [-0.05, 0) is 43.5 Å². The summed E-state index contributed by atoms with van der Waals surface area (Å²) in [4.78, 5) is 17.8. The van der Waals surface area contributed by atoms with E-state index in [4.69, 9.17) is 4.74 Å². The zero-order valence-corrected chi connectivity index (χ0v) is 17.7. The fourth-order valence-corrected chi connectivity index (χ4v) is 4.66. The Bertz CT molecular complexity index is 1010. The van der Waals surface area contributed by atoms with Crippen molar-refractivity contribution in [1.82, 2.24) is 0 Å².